The molecule has 23 heavy (non-hydrogen) atoms. The van der Waals surface area contributed by atoms with Gasteiger partial charge in [0.1, 0.15) is 0 Å². The molecule has 1 fully saturated rings. The molecule has 6 nitrogen and oxygen atoms in total. The SMILES string of the molecule is Cc1ccc2c(N3CCN(c4cc[n+](C)cn4)CC3)noc2c1. The van der Waals surface area contributed by atoms with E-state index < -0.39 is 0 Å². The molecular weight excluding hydrogens is 290 g/mol. The molecule has 0 atom stereocenters. The summed E-state index contributed by atoms with van der Waals surface area (Å²) in [6.07, 6.45) is 3.87. The lowest BCUT2D eigenvalue weighted by atomic mass is 10.2. The van der Waals surface area contributed by atoms with E-state index in [1.165, 1.54) is 5.56 Å². The largest absolute Gasteiger partial charge is 0.354 e. The first-order valence-electron chi connectivity index (χ1n) is 7.88. The second kappa shape index (κ2) is 5.53. The summed E-state index contributed by atoms with van der Waals surface area (Å²) in [6, 6.07) is 8.30. The van der Waals surface area contributed by atoms with Crippen molar-refractivity contribution in [1.82, 2.24) is 10.1 Å². The van der Waals surface area contributed by atoms with Gasteiger partial charge < -0.3 is 14.3 Å². The zero-order chi connectivity index (χ0) is 15.8. The zero-order valence-electron chi connectivity index (χ0n) is 13.4. The molecule has 1 saturated heterocycles. The number of hydrogen-bond donors (Lipinski definition) is 0. The van der Waals surface area contributed by atoms with E-state index in [0.29, 0.717) is 0 Å². The van der Waals surface area contributed by atoms with Crippen LogP contribution in [0.1, 0.15) is 5.56 Å². The average molecular weight is 310 g/mol. The normalized spacial score (nSPS) is 15.4. The second-order valence-electron chi connectivity index (χ2n) is 6.06. The third-order valence-electron chi connectivity index (χ3n) is 4.34. The first-order valence-corrected chi connectivity index (χ1v) is 7.88. The van der Waals surface area contributed by atoms with E-state index in [2.05, 4.69) is 45.1 Å². The number of anilines is 2. The van der Waals surface area contributed by atoms with Crippen molar-refractivity contribution in [3.05, 3.63) is 42.4 Å². The van der Waals surface area contributed by atoms with Crippen LogP contribution in [0.3, 0.4) is 0 Å². The number of fused-ring (bicyclic) bond motifs is 1. The van der Waals surface area contributed by atoms with Crippen LogP contribution in [0.25, 0.3) is 11.0 Å². The Morgan fingerprint density at radius 2 is 1.87 bits per heavy atom. The number of piperazine rings is 1. The Morgan fingerprint density at radius 1 is 1.09 bits per heavy atom. The van der Waals surface area contributed by atoms with Gasteiger partial charge in [0.2, 0.25) is 5.82 Å². The molecule has 3 heterocycles. The molecule has 0 bridgehead atoms. The molecule has 0 unspecified atom stereocenters. The minimum atomic E-state index is 0.861. The van der Waals surface area contributed by atoms with Gasteiger partial charge in [-0.25, -0.2) is 4.57 Å². The third-order valence-corrected chi connectivity index (χ3v) is 4.34. The van der Waals surface area contributed by atoms with Crippen LogP contribution < -0.4 is 14.4 Å². The molecule has 0 amide bonds. The van der Waals surface area contributed by atoms with Crippen molar-refractivity contribution in [3.63, 3.8) is 0 Å². The van der Waals surface area contributed by atoms with Crippen molar-refractivity contribution in [2.75, 3.05) is 36.0 Å². The number of benzene rings is 1. The van der Waals surface area contributed by atoms with Crippen LogP contribution in [-0.2, 0) is 7.05 Å². The number of aryl methyl sites for hydroxylation is 2. The van der Waals surface area contributed by atoms with Gasteiger partial charge in [-0.05, 0) is 29.6 Å². The smallest absolute Gasteiger partial charge is 0.288 e. The van der Waals surface area contributed by atoms with Crippen LogP contribution in [0.4, 0.5) is 11.6 Å². The molecule has 118 valence electrons. The fourth-order valence-electron chi connectivity index (χ4n) is 3.01. The number of rotatable bonds is 2. The Labute approximate surface area is 134 Å². The van der Waals surface area contributed by atoms with E-state index in [1.807, 2.05) is 30.2 Å². The summed E-state index contributed by atoms with van der Waals surface area (Å²) >= 11 is 0. The fraction of sp³-hybridized carbons (Fsp3) is 0.353. The van der Waals surface area contributed by atoms with Gasteiger partial charge in [-0.2, -0.15) is 0 Å². The van der Waals surface area contributed by atoms with Crippen molar-refractivity contribution in [3.8, 4) is 0 Å². The predicted octanol–water partition coefficient (Wildman–Crippen LogP) is 1.68. The number of nitrogens with zero attached hydrogens (tertiary/aromatic N) is 5. The third kappa shape index (κ3) is 2.60. The monoisotopic (exact) mass is 310 g/mol. The van der Waals surface area contributed by atoms with Crippen molar-refractivity contribution in [2.45, 2.75) is 6.92 Å². The minimum Gasteiger partial charge on any atom is -0.354 e. The van der Waals surface area contributed by atoms with Crippen LogP contribution in [0.15, 0.2) is 41.3 Å². The Hall–Kier alpha value is -2.63. The molecule has 0 N–H and O–H groups in total. The van der Waals surface area contributed by atoms with Gasteiger partial charge >= 0.3 is 0 Å². The lowest BCUT2D eigenvalue weighted by Gasteiger charge is -2.33. The molecule has 0 spiro atoms. The van der Waals surface area contributed by atoms with E-state index >= 15 is 0 Å². The quantitative estimate of drug-likeness (QED) is 0.674. The lowest BCUT2D eigenvalue weighted by Crippen LogP contribution is -2.47. The van der Waals surface area contributed by atoms with Crippen molar-refractivity contribution >= 4 is 22.6 Å². The second-order valence-corrected chi connectivity index (χ2v) is 6.06. The van der Waals surface area contributed by atoms with Crippen LogP contribution in [-0.4, -0.2) is 36.3 Å². The summed E-state index contributed by atoms with van der Waals surface area (Å²) in [5.41, 5.74) is 2.05. The van der Waals surface area contributed by atoms with E-state index in [4.69, 9.17) is 4.52 Å². The van der Waals surface area contributed by atoms with Crippen molar-refractivity contribution in [1.29, 1.82) is 0 Å². The molecule has 0 aliphatic carbocycles. The van der Waals surface area contributed by atoms with Crippen molar-refractivity contribution in [2.24, 2.45) is 7.05 Å². The molecule has 1 aromatic carbocycles. The maximum Gasteiger partial charge on any atom is 0.288 e. The van der Waals surface area contributed by atoms with E-state index in [0.717, 1.165) is 48.8 Å². The Balaban J connectivity index is 1.51. The summed E-state index contributed by atoms with van der Waals surface area (Å²) in [5.74, 6) is 1.98. The lowest BCUT2D eigenvalue weighted by molar-refractivity contribution is -0.674. The van der Waals surface area contributed by atoms with Gasteiger partial charge in [-0.1, -0.05) is 11.2 Å². The maximum absolute atomic E-state index is 5.49. The van der Waals surface area contributed by atoms with E-state index in [-0.39, 0.29) is 0 Å². The van der Waals surface area contributed by atoms with Crippen molar-refractivity contribution < 1.29 is 9.09 Å². The van der Waals surface area contributed by atoms with Crippen LogP contribution in [0.2, 0.25) is 0 Å². The molecule has 2 aromatic heterocycles. The average Bonchev–Trinajstić information content (AvgIpc) is 2.99. The molecule has 1 aliphatic rings. The Kier molecular flexibility index (Phi) is 3.37. The fourth-order valence-corrected chi connectivity index (χ4v) is 3.01. The first kappa shape index (κ1) is 14.0. The minimum absolute atomic E-state index is 0.861. The highest BCUT2D eigenvalue weighted by Crippen LogP contribution is 2.28. The molecule has 3 aromatic rings. The maximum atomic E-state index is 5.49. The summed E-state index contributed by atoms with van der Waals surface area (Å²) in [5, 5.41) is 5.37. The summed E-state index contributed by atoms with van der Waals surface area (Å²) in [6.45, 7) is 5.76. The molecule has 0 radical (unpaired) electrons. The van der Waals surface area contributed by atoms with Gasteiger partial charge in [0.15, 0.2) is 11.4 Å². The van der Waals surface area contributed by atoms with Crippen LogP contribution in [0.5, 0.6) is 0 Å². The molecule has 1 aliphatic heterocycles. The van der Waals surface area contributed by atoms with Gasteiger partial charge in [-0.15, -0.1) is 0 Å². The number of hydrogen-bond acceptors (Lipinski definition) is 5. The zero-order valence-corrected chi connectivity index (χ0v) is 13.4. The highest BCUT2D eigenvalue weighted by molar-refractivity contribution is 5.89. The molecule has 0 saturated carbocycles. The molecular formula is C17H20N5O+. The standard InChI is InChI=1S/C17H20N5O/c1-13-3-4-14-15(11-13)23-19-17(14)22-9-7-21(8-10-22)16-5-6-20(2)12-18-16/h3-6,11-12H,7-10H2,1-2H3/q+1. The summed E-state index contributed by atoms with van der Waals surface area (Å²) in [7, 11) is 1.98. The molecule has 6 heteroatoms. The van der Waals surface area contributed by atoms with Gasteiger partial charge in [0.05, 0.1) is 18.6 Å². The van der Waals surface area contributed by atoms with Gasteiger partial charge in [-0.3, -0.25) is 0 Å². The topological polar surface area (TPSA) is 49.3 Å². The van der Waals surface area contributed by atoms with Crippen LogP contribution in [0, 0.1) is 6.92 Å². The number of aromatic nitrogens is 3. The Bertz CT molecular complexity index is 819. The van der Waals surface area contributed by atoms with Gasteiger partial charge in [0, 0.05) is 32.2 Å². The molecule has 4 rings (SSSR count). The highest BCUT2D eigenvalue weighted by Gasteiger charge is 2.23. The Morgan fingerprint density at radius 3 is 2.61 bits per heavy atom. The van der Waals surface area contributed by atoms with Gasteiger partial charge in [0.25, 0.3) is 6.33 Å². The first-order chi connectivity index (χ1) is 11.2. The highest BCUT2D eigenvalue weighted by atomic mass is 16.5. The summed E-state index contributed by atoms with van der Waals surface area (Å²) < 4.78 is 7.44. The summed E-state index contributed by atoms with van der Waals surface area (Å²) in [4.78, 5) is 9.09. The van der Waals surface area contributed by atoms with E-state index in [1.54, 1.807) is 0 Å². The van der Waals surface area contributed by atoms with Crippen LogP contribution >= 0.6 is 0 Å². The predicted molar refractivity (Wildman–Crippen MR) is 88.6 cm³/mol. The van der Waals surface area contributed by atoms with E-state index in [9.17, 15) is 0 Å².